The number of sulfone groups is 1. The number of nitrogen functional groups attached to an aromatic ring is 1. The second kappa shape index (κ2) is 4.44. The molecule has 0 unspecified atom stereocenters. The molecule has 1 saturated heterocycles. The van der Waals surface area contributed by atoms with E-state index in [2.05, 4.69) is 0 Å². The van der Waals surface area contributed by atoms with Gasteiger partial charge in [-0.3, -0.25) is 0 Å². The van der Waals surface area contributed by atoms with Crippen molar-refractivity contribution < 1.29 is 13.2 Å². The van der Waals surface area contributed by atoms with Gasteiger partial charge in [0.05, 0.1) is 24.3 Å². The van der Waals surface area contributed by atoms with Crippen molar-refractivity contribution in [3.8, 4) is 5.75 Å². The smallest absolute Gasteiger partial charge is 0.153 e. The van der Waals surface area contributed by atoms with Crippen LogP contribution in [-0.4, -0.2) is 40.1 Å². The Hall–Kier alpha value is -1.43. The summed E-state index contributed by atoms with van der Waals surface area (Å²) in [5, 5.41) is 0. The lowest BCUT2D eigenvalue weighted by molar-refractivity contribution is 0.414. The van der Waals surface area contributed by atoms with E-state index in [0.717, 1.165) is 5.69 Å². The fraction of sp³-hybridized carbons (Fsp3) is 0.455. The summed E-state index contributed by atoms with van der Waals surface area (Å²) in [5.74, 6) is 1.07. The van der Waals surface area contributed by atoms with Crippen LogP contribution in [0.15, 0.2) is 18.2 Å². The number of nitrogens with two attached hydrogens (primary N) is 1. The Balaban J connectivity index is 2.24. The third-order valence-corrected chi connectivity index (χ3v) is 4.50. The van der Waals surface area contributed by atoms with Gasteiger partial charge in [0.15, 0.2) is 9.84 Å². The fourth-order valence-corrected chi connectivity index (χ4v) is 3.11. The van der Waals surface area contributed by atoms with Crippen LogP contribution in [0, 0.1) is 0 Å². The molecule has 1 heterocycles. The Bertz CT molecular complexity index is 499. The molecule has 0 atom stereocenters. The van der Waals surface area contributed by atoms with Gasteiger partial charge in [-0.05, 0) is 12.1 Å². The number of ether oxygens (including phenoxy) is 1. The Kier molecular flexibility index (Phi) is 3.15. The monoisotopic (exact) mass is 256 g/mol. The van der Waals surface area contributed by atoms with E-state index in [1.54, 1.807) is 19.2 Å². The molecule has 0 spiro atoms. The number of benzene rings is 1. The summed E-state index contributed by atoms with van der Waals surface area (Å²) in [6.07, 6.45) is 0. The SMILES string of the molecule is COc1cc(N)ccc1N1CCS(=O)(=O)CC1. The van der Waals surface area contributed by atoms with Crippen LogP contribution < -0.4 is 15.4 Å². The highest BCUT2D eigenvalue weighted by Crippen LogP contribution is 2.31. The molecule has 1 aromatic carbocycles. The van der Waals surface area contributed by atoms with Crippen molar-refractivity contribution in [2.24, 2.45) is 0 Å². The molecule has 0 aliphatic carbocycles. The van der Waals surface area contributed by atoms with Crippen LogP contribution in [0.3, 0.4) is 0 Å². The summed E-state index contributed by atoms with van der Waals surface area (Å²) in [4.78, 5) is 2.01. The van der Waals surface area contributed by atoms with E-state index in [1.165, 1.54) is 0 Å². The van der Waals surface area contributed by atoms with Crippen molar-refractivity contribution in [3.63, 3.8) is 0 Å². The van der Waals surface area contributed by atoms with Gasteiger partial charge in [0.25, 0.3) is 0 Å². The standard InChI is InChI=1S/C11H16N2O3S/c1-16-11-8-9(12)2-3-10(11)13-4-6-17(14,15)7-5-13/h2-3,8H,4-7,12H2,1H3. The highest BCUT2D eigenvalue weighted by molar-refractivity contribution is 7.91. The molecule has 0 radical (unpaired) electrons. The molecule has 0 saturated carbocycles. The second-order valence-electron chi connectivity index (χ2n) is 4.07. The molecule has 6 heteroatoms. The summed E-state index contributed by atoms with van der Waals surface area (Å²) in [6, 6.07) is 5.41. The summed E-state index contributed by atoms with van der Waals surface area (Å²) in [5.41, 5.74) is 7.22. The first kappa shape index (κ1) is 12.0. The minimum Gasteiger partial charge on any atom is -0.495 e. The van der Waals surface area contributed by atoms with Crippen molar-refractivity contribution in [2.45, 2.75) is 0 Å². The van der Waals surface area contributed by atoms with E-state index in [0.29, 0.717) is 24.5 Å². The van der Waals surface area contributed by atoms with Crippen molar-refractivity contribution in [1.82, 2.24) is 0 Å². The number of anilines is 2. The minimum absolute atomic E-state index is 0.195. The van der Waals surface area contributed by atoms with Crippen molar-refractivity contribution >= 4 is 21.2 Å². The lowest BCUT2D eigenvalue weighted by Gasteiger charge is -2.30. The minimum atomic E-state index is -2.86. The topological polar surface area (TPSA) is 72.6 Å². The predicted molar refractivity (Wildman–Crippen MR) is 68.3 cm³/mol. The maximum atomic E-state index is 11.4. The first-order valence-corrected chi connectivity index (χ1v) is 7.23. The van der Waals surface area contributed by atoms with Gasteiger partial charge in [-0.15, -0.1) is 0 Å². The quantitative estimate of drug-likeness (QED) is 0.781. The predicted octanol–water partition coefficient (Wildman–Crippen LogP) is 0.512. The molecule has 0 amide bonds. The van der Waals surface area contributed by atoms with Crippen molar-refractivity contribution in [2.75, 3.05) is 42.3 Å². The van der Waals surface area contributed by atoms with Crippen LogP contribution in [-0.2, 0) is 9.84 Å². The maximum Gasteiger partial charge on any atom is 0.153 e. The third kappa shape index (κ3) is 2.63. The van der Waals surface area contributed by atoms with E-state index in [1.807, 2.05) is 11.0 Å². The largest absolute Gasteiger partial charge is 0.495 e. The van der Waals surface area contributed by atoms with Crippen LogP contribution in [0.1, 0.15) is 0 Å². The molecule has 2 N–H and O–H groups in total. The summed E-state index contributed by atoms with van der Waals surface area (Å²) in [6.45, 7) is 1.01. The van der Waals surface area contributed by atoms with Gasteiger partial charge in [0.1, 0.15) is 5.75 Å². The van der Waals surface area contributed by atoms with Gasteiger partial charge in [0.2, 0.25) is 0 Å². The zero-order valence-corrected chi connectivity index (χ0v) is 10.5. The van der Waals surface area contributed by atoms with Gasteiger partial charge in [-0.2, -0.15) is 0 Å². The van der Waals surface area contributed by atoms with Gasteiger partial charge in [-0.25, -0.2) is 8.42 Å². The van der Waals surface area contributed by atoms with E-state index in [9.17, 15) is 8.42 Å². The van der Waals surface area contributed by atoms with Gasteiger partial charge >= 0.3 is 0 Å². The molecule has 1 aliphatic heterocycles. The third-order valence-electron chi connectivity index (χ3n) is 2.89. The van der Waals surface area contributed by atoms with Crippen molar-refractivity contribution in [1.29, 1.82) is 0 Å². The molecule has 0 bridgehead atoms. The van der Waals surface area contributed by atoms with Crippen LogP contribution >= 0.6 is 0 Å². The number of methoxy groups -OCH3 is 1. The molecular weight excluding hydrogens is 240 g/mol. The molecule has 94 valence electrons. The molecule has 17 heavy (non-hydrogen) atoms. The molecule has 1 aromatic rings. The molecule has 1 aliphatic rings. The first-order chi connectivity index (χ1) is 8.02. The Morgan fingerprint density at radius 2 is 1.94 bits per heavy atom. The molecule has 2 rings (SSSR count). The van der Waals surface area contributed by atoms with Crippen molar-refractivity contribution in [3.05, 3.63) is 18.2 Å². The number of hydrogen-bond donors (Lipinski definition) is 1. The number of rotatable bonds is 2. The highest BCUT2D eigenvalue weighted by Gasteiger charge is 2.23. The molecule has 5 nitrogen and oxygen atoms in total. The van der Waals surface area contributed by atoms with Crippen LogP contribution in [0.4, 0.5) is 11.4 Å². The summed E-state index contributed by atoms with van der Waals surface area (Å²) in [7, 11) is -1.28. The van der Waals surface area contributed by atoms with E-state index < -0.39 is 9.84 Å². The maximum absolute atomic E-state index is 11.4. The van der Waals surface area contributed by atoms with E-state index in [-0.39, 0.29) is 11.5 Å². The van der Waals surface area contributed by atoms with E-state index in [4.69, 9.17) is 10.5 Å². The lowest BCUT2D eigenvalue weighted by Crippen LogP contribution is -2.40. The van der Waals surface area contributed by atoms with Gasteiger partial charge < -0.3 is 15.4 Å². The first-order valence-electron chi connectivity index (χ1n) is 5.41. The van der Waals surface area contributed by atoms with Crippen LogP contribution in [0.5, 0.6) is 5.75 Å². The average Bonchev–Trinajstić information content (AvgIpc) is 2.29. The molecular formula is C11H16N2O3S. The molecule has 1 fully saturated rings. The van der Waals surface area contributed by atoms with Crippen LogP contribution in [0.25, 0.3) is 0 Å². The summed E-state index contributed by atoms with van der Waals surface area (Å²) < 4.78 is 28.0. The fourth-order valence-electron chi connectivity index (χ4n) is 1.91. The normalized spacial score (nSPS) is 19.0. The van der Waals surface area contributed by atoms with Gasteiger partial charge in [-0.1, -0.05) is 0 Å². The Morgan fingerprint density at radius 3 is 2.53 bits per heavy atom. The Labute approximate surface area is 101 Å². The zero-order chi connectivity index (χ0) is 12.5. The Morgan fingerprint density at radius 1 is 1.29 bits per heavy atom. The highest BCUT2D eigenvalue weighted by atomic mass is 32.2. The summed E-state index contributed by atoms with van der Waals surface area (Å²) >= 11 is 0. The van der Waals surface area contributed by atoms with Gasteiger partial charge in [0, 0.05) is 24.8 Å². The number of nitrogens with zero attached hydrogens (tertiary/aromatic N) is 1. The molecule has 0 aromatic heterocycles. The number of hydrogen-bond acceptors (Lipinski definition) is 5. The zero-order valence-electron chi connectivity index (χ0n) is 9.72. The lowest BCUT2D eigenvalue weighted by atomic mass is 10.2. The second-order valence-corrected chi connectivity index (χ2v) is 6.37. The van der Waals surface area contributed by atoms with E-state index >= 15 is 0 Å². The average molecular weight is 256 g/mol. The van der Waals surface area contributed by atoms with Crippen LogP contribution in [0.2, 0.25) is 0 Å².